The second kappa shape index (κ2) is 6.06. The molecule has 1 aliphatic heterocycles. The summed E-state index contributed by atoms with van der Waals surface area (Å²) in [7, 11) is 0. The van der Waals surface area contributed by atoms with Gasteiger partial charge in [-0.3, -0.25) is 4.90 Å². The molecule has 1 heterocycles. The highest BCUT2D eigenvalue weighted by Crippen LogP contribution is 2.26. The first-order valence-corrected chi connectivity index (χ1v) is 7.54. The average molecular weight is 260 g/mol. The number of hydrogen-bond acceptors (Lipinski definition) is 2. The number of rotatable bonds is 2. The van der Waals surface area contributed by atoms with Crippen molar-refractivity contribution in [3.8, 4) is 0 Å². The van der Waals surface area contributed by atoms with Crippen LogP contribution in [-0.2, 0) is 5.41 Å². The van der Waals surface area contributed by atoms with Gasteiger partial charge in [-0.05, 0) is 43.0 Å². The fourth-order valence-electron chi connectivity index (χ4n) is 2.73. The van der Waals surface area contributed by atoms with Gasteiger partial charge in [0.15, 0.2) is 0 Å². The fraction of sp³-hybridized carbons (Fsp3) is 0.647. The average Bonchev–Trinajstić information content (AvgIpc) is 2.66. The Kier molecular flexibility index (Phi) is 4.64. The quantitative estimate of drug-likeness (QED) is 0.877. The van der Waals surface area contributed by atoms with Crippen LogP contribution < -0.4 is 5.32 Å². The molecule has 0 radical (unpaired) electrons. The molecule has 0 aliphatic carbocycles. The smallest absolute Gasteiger partial charge is 0.0320 e. The minimum Gasteiger partial charge on any atom is -0.315 e. The minimum atomic E-state index is 0.244. The molecule has 1 aliphatic rings. The Bertz CT molecular complexity index is 381. The molecule has 2 rings (SSSR count). The van der Waals surface area contributed by atoms with Crippen molar-refractivity contribution in [2.24, 2.45) is 0 Å². The summed E-state index contributed by atoms with van der Waals surface area (Å²) >= 11 is 0. The molecule has 1 N–H and O–H groups in total. The first-order valence-electron chi connectivity index (χ1n) is 7.54. The van der Waals surface area contributed by atoms with Crippen molar-refractivity contribution in [3.63, 3.8) is 0 Å². The Morgan fingerprint density at radius 2 is 1.74 bits per heavy atom. The van der Waals surface area contributed by atoms with Crippen molar-refractivity contribution in [1.82, 2.24) is 10.2 Å². The Morgan fingerprint density at radius 3 is 2.37 bits per heavy atom. The maximum absolute atomic E-state index is 3.47. The van der Waals surface area contributed by atoms with E-state index in [1.54, 1.807) is 0 Å². The van der Waals surface area contributed by atoms with E-state index in [4.69, 9.17) is 0 Å². The first kappa shape index (κ1) is 14.5. The zero-order chi connectivity index (χ0) is 13.9. The lowest BCUT2D eigenvalue weighted by Crippen LogP contribution is -2.30. The molecule has 0 saturated carbocycles. The van der Waals surface area contributed by atoms with E-state index in [9.17, 15) is 0 Å². The van der Waals surface area contributed by atoms with Crippen molar-refractivity contribution in [3.05, 3.63) is 35.4 Å². The van der Waals surface area contributed by atoms with Gasteiger partial charge >= 0.3 is 0 Å². The van der Waals surface area contributed by atoms with Gasteiger partial charge in [0.1, 0.15) is 0 Å². The van der Waals surface area contributed by atoms with E-state index in [2.05, 4.69) is 62.2 Å². The predicted molar refractivity (Wildman–Crippen MR) is 82.6 cm³/mol. The van der Waals surface area contributed by atoms with E-state index < -0.39 is 0 Å². The summed E-state index contributed by atoms with van der Waals surface area (Å²) in [6, 6.07) is 9.73. The standard InChI is InChI=1S/C17H28N2/c1-14(19-12-5-10-18-11-13-19)15-6-8-16(9-7-15)17(2,3)4/h6-9,14,18H,5,10-13H2,1-4H3. The lowest BCUT2D eigenvalue weighted by atomic mass is 9.86. The fourth-order valence-corrected chi connectivity index (χ4v) is 2.73. The van der Waals surface area contributed by atoms with Crippen molar-refractivity contribution < 1.29 is 0 Å². The van der Waals surface area contributed by atoms with E-state index in [0.29, 0.717) is 6.04 Å². The summed E-state index contributed by atoms with van der Waals surface area (Å²) in [6.07, 6.45) is 1.25. The molecule has 1 atom stereocenters. The van der Waals surface area contributed by atoms with Gasteiger partial charge in [-0.15, -0.1) is 0 Å². The van der Waals surface area contributed by atoms with Crippen molar-refractivity contribution in [2.45, 2.75) is 45.6 Å². The largest absolute Gasteiger partial charge is 0.315 e. The molecular formula is C17H28N2. The predicted octanol–water partition coefficient (Wildman–Crippen LogP) is 3.34. The highest BCUT2D eigenvalue weighted by molar-refractivity contribution is 5.29. The normalized spacial score (nSPS) is 20.0. The van der Waals surface area contributed by atoms with Crippen LogP contribution in [0.1, 0.15) is 51.3 Å². The van der Waals surface area contributed by atoms with Gasteiger partial charge in [-0.2, -0.15) is 0 Å². The van der Waals surface area contributed by atoms with Crippen LogP contribution in [0.15, 0.2) is 24.3 Å². The van der Waals surface area contributed by atoms with Gasteiger partial charge < -0.3 is 5.32 Å². The minimum absolute atomic E-state index is 0.244. The zero-order valence-electron chi connectivity index (χ0n) is 12.9. The van der Waals surface area contributed by atoms with E-state index >= 15 is 0 Å². The van der Waals surface area contributed by atoms with E-state index in [0.717, 1.165) is 19.6 Å². The molecule has 0 aromatic heterocycles. The van der Waals surface area contributed by atoms with Crippen LogP contribution in [0, 0.1) is 0 Å². The number of nitrogens with zero attached hydrogens (tertiary/aromatic N) is 1. The van der Waals surface area contributed by atoms with E-state index in [1.165, 1.54) is 24.1 Å². The molecule has 19 heavy (non-hydrogen) atoms. The Labute approximate surface area is 118 Å². The van der Waals surface area contributed by atoms with E-state index in [-0.39, 0.29) is 5.41 Å². The van der Waals surface area contributed by atoms with Crippen LogP contribution in [0.25, 0.3) is 0 Å². The van der Waals surface area contributed by atoms with Gasteiger partial charge in [0.2, 0.25) is 0 Å². The number of benzene rings is 1. The molecule has 1 unspecified atom stereocenters. The molecule has 2 nitrogen and oxygen atoms in total. The van der Waals surface area contributed by atoms with Gasteiger partial charge in [0.25, 0.3) is 0 Å². The molecule has 106 valence electrons. The Hall–Kier alpha value is -0.860. The van der Waals surface area contributed by atoms with Gasteiger partial charge in [-0.1, -0.05) is 45.0 Å². The van der Waals surface area contributed by atoms with Crippen molar-refractivity contribution in [2.75, 3.05) is 26.2 Å². The topological polar surface area (TPSA) is 15.3 Å². The van der Waals surface area contributed by atoms with Crippen molar-refractivity contribution >= 4 is 0 Å². The second-order valence-electron chi connectivity index (χ2n) is 6.69. The van der Waals surface area contributed by atoms with Crippen LogP contribution in [0.2, 0.25) is 0 Å². The highest BCUT2D eigenvalue weighted by atomic mass is 15.2. The number of nitrogens with one attached hydrogen (secondary N) is 1. The lowest BCUT2D eigenvalue weighted by Gasteiger charge is -2.28. The van der Waals surface area contributed by atoms with Gasteiger partial charge in [-0.25, -0.2) is 0 Å². The van der Waals surface area contributed by atoms with Crippen LogP contribution in [0.4, 0.5) is 0 Å². The first-order chi connectivity index (χ1) is 8.98. The molecule has 0 spiro atoms. The summed E-state index contributed by atoms with van der Waals surface area (Å²) in [5.74, 6) is 0. The molecule has 1 aromatic carbocycles. The third kappa shape index (κ3) is 3.80. The van der Waals surface area contributed by atoms with E-state index in [1.807, 2.05) is 0 Å². The van der Waals surface area contributed by atoms with Gasteiger partial charge in [0, 0.05) is 19.1 Å². The maximum atomic E-state index is 3.47. The summed E-state index contributed by atoms with van der Waals surface area (Å²) in [4.78, 5) is 2.59. The van der Waals surface area contributed by atoms with Gasteiger partial charge in [0.05, 0.1) is 0 Å². The highest BCUT2D eigenvalue weighted by Gasteiger charge is 2.18. The third-order valence-corrected chi connectivity index (χ3v) is 4.18. The molecule has 1 aromatic rings. The Balaban J connectivity index is 2.08. The zero-order valence-corrected chi connectivity index (χ0v) is 12.9. The summed E-state index contributed by atoms with van der Waals surface area (Å²) < 4.78 is 0. The lowest BCUT2D eigenvalue weighted by molar-refractivity contribution is 0.225. The Morgan fingerprint density at radius 1 is 1.05 bits per heavy atom. The number of hydrogen-bond donors (Lipinski definition) is 1. The molecule has 1 saturated heterocycles. The van der Waals surface area contributed by atoms with Crippen LogP contribution in [-0.4, -0.2) is 31.1 Å². The van der Waals surface area contributed by atoms with Crippen LogP contribution in [0.3, 0.4) is 0 Å². The monoisotopic (exact) mass is 260 g/mol. The molecule has 0 bridgehead atoms. The van der Waals surface area contributed by atoms with Crippen LogP contribution in [0.5, 0.6) is 0 Å². The SMILES string of the molecule is CC(c1ccc(C(C)(C)C)cc1)N1CCCNCC1. The third-order valence-electron chi connectivity index (χ3n) is 4.18. The summed E-state index contributed by atoms with van der Waals surface area (Å²) in [5, 5.41) is 3.47. The second-order valence-corrected chi connectivity index (χ2v) is 6.69. The maximum Gasteiger partial charge on any atom is 0.0320 e. The molecule has 0 amide bonds. The summed E-state index contributed by atoms with van der Waals surface area (Å²) in [5.41, 5.74) is 3.10. The summed E-state index contributed by atoms with van der Waals surface area (Å²) in [6.45, 7) is 13.8. The molecule has 2 heteroatoms. The van der Waals surface area contributed by atoms with Crippen LogP contribution >= 0.6 is 0 Å². The molecular weight excluding hydrogens is 232 g/mol. The molecule has 1 fully saturated rings. The van der Waals surface area contributed by atoms with Crippen molar-refractivity contribution in [1.29, 1.82) is 0 Å².